The molecule has 22 heavy (non-hydrogen) atoms. The summed E-state index contributed by atoms with van der Waals surface area (Å²) in [6.45, 7) is 6.02. The Morgan fingerprint density at radius 1 is 1.18 bits per heavy atom. The van der Waals surface area contributed by atoms with Crippen molar-refractivity contribution >= 4 is 10.9 Å². The van der Waals surface area contributed by atoms with E-state index >= 15 is 0 Å². The number of aromatic nitrogens is 2. The van der Waals surface area contributed by atoms with Crippen LogP contribution in [0.4, 0.5) is 4.39 Å². The molecule has 1 aromatic heterocycles. The zero-order valence-electron chi connectivity index (χ0n) is 13.2. The predicted octanol–water partition coefficient (Wildman–Crippen LogP) is 4.74. The molecular formula is C18H19FN2O. The number of rotatable bonds is 3. The summed E-state index contributed by atoms with van der Waals surface area (Å²) in [5, 5.41) is 5.51. The fourth-order valence-corrected chi connectivity index (χ4v) is 2.75. The fourth-order valence-electron chi connectivity index (χ4n) is 2.75. The number of para-hydroxylation sites is 1. The van der Waals surface area contributed by atoms with Crippen LogP contribution < -0.4 is 4.74 Å². The van der Waals surface area contributed by atoms with Crippen LogP contribution in [0.5, 0.6) is 5.75 Å². The highest BCUT2D eigenvalue weighted by molar-refractivity contribution is 5.94. The van der Waals surface area contributed by atoms with Gasteiger partial charge in [-0.1, -0.05) is 12.1 Å². The lowest BCUT2D eigenvalue weighted by atomic mass is 10.0. The zero-order chi connectivity index (χ0) is 15.9. The highest BCUT2D eigenvalue weighted by atomic mass is 19.1. The van der Waals surface area contributed by atoms with Crippen molar-refractivity contribution in [3.05, 3.63) is 47.8 Å². The summed E-state index contributed by atoms with van der Waals surface area (Å²) in [7, 11) is 1.65. The van der Waals surface area contributed by atoms with E-state index in [-0.39, 0.29) is 11.9 Å². The van der Waals surface area contributed by atoms with E-state index in [1.54, 1.807) is 17.9 Å². The normalized spacial score (nSPS) is 11.4. The maximum atomic E-state index is 14.3. The Morgan fingerprint density at radius 3 is 2.59 bits per heavy atom. The van der Waals surface area contributed by atoms with Gasteiger partial charge in [0.15, 0.2) is 0 Å². The van der Waals surface area contributed by atoms with E-state index in [1.807, 2.05) is 45.0 Å². The molecule has 1 heterocycles. The van der Waals surface area contributed by atoms with Crippen LogP contribution in [0.25, 0.3) is 22.2 Å². The summed E-state index contributed by atoms with van der Waals surface area (Å²) < 4.78 is 21.3. The number of nitrogens with zero attached hydrogens (tertiary/aromatic N) is 2. The molecule has 114 valence electrons. The average molecular weight is 298 g/mol. The molecule has 0 unspecified atom stereocenters. The van der Waals surface area contributed by atoms with Crippen LogP contribution in [0, 0.1) is 12.7 Å². The lowest BCUT2D eigenvalue weighted by molar-refractivity contribution is 0.414. The highest BCUT2D eigenvalue weighted by Gasteiger charge is 2.18. The van der Waals surface area contributed by atoms with E-state index in [4.69, 9.17) is 4.74 Å². The van der Waals surface area contributed by atoms with Gasteiger partial charge in [-0.3, -0.25) is 4.68 Å². The van der Waals surface area contributed by atoms with Crippen LogP contribution >= 0.6 is 0 Å². The molecule has 4 heteroatoms. The van der Waals surface area contributed by atoms with Gasteiger partial charge in [0.1, 0.15) is 22.8 Å². The molecule has 0 aliphatic heterocycles. The van der Waals surface area contributed by atoms with Gasteiger partial charge in [-0.15, -0.1) is 0 Å². The topological polar surface area (TPSA) is 27.1 Å². The number of hydrogen-bond acceptors (Lipinski definition) is 2. The molecule has 0 aliphatic carbocycles. The molecule has 0 aliphatic rings. The first kappa shape index (κ1) is 14.6. The van der Waals surface area contributed by atoms with E-state index in [0.29, 0.717) is 5.52 Å². The van der Waals surface area contributed by atoms with Crippen molar-refractivity contribution in [1.82, 2.24) is 9.78 Å². The van der Waals surface area contributed by atoms with E-state index in [1.165, 1.54) is 6.07 Å². The van der Waals surface area contributed by atoms with Gasteiger partial charge >= 0.3 is 0 Å². The third kappa shape index (κ3) is 2.25. The van der Waals surface area contributed by atoms with Gasteiger partial charge in [0.05, 0.1) is 7.11 Å². The highest BCUT2D eigenvalue weighted by Crippen LogP contribution is 2.34. The van der Waals surface area contributed by atoms with Gasteiger partial charge in [-0.25, -0.2) is 4.39 Å². The number of aryl methyl sites for hydroxylation is 1. The Balaban J connectivity index is 2.30. The summed E-state index contributed by atoms with van der Waals surface area (Å²) in [5.74, 6) is 0.566. The van der Waals surface area contributed by atoms with Crippen molar-refractivity contribution in [3.63, 3.8) is 0 Å². The van der Waals surface area contributed by atoms with Crippen molar-refractivity contribution < 1.29 is 9.13 Å². The van der Waals surface area contributed by atoms with Crippen molar-refractivity contribution in [3.8, 4) is 17.0 Å². The smallest absolute Gasteiger partial charge is 0.149 e. The third-order valence-electron chi connectivity index (χ3n) is 3.86. The Bertz CT molecular complexity index is 836. The minimum absolute atomic E-state index is 0.0895. The van der Waals surface area contributed by atoms with Gasteiger partial charge < -0.3 is 4.74 Å². The molecule has 0 saturated carbocycles. The third-order valence-corrected chi connectivity index (χ3v) is 3.86. The van der Waals surface area contributed by atoms with Gasteiger partial charge in [0.25, 0.3) is 0 Å². The van der Waals surface area contributed by atoms with E-state index in [0.717, 1.165) is 28.0 Å². The van der Waals surface area contributed by atoms with Crippen molar-refractivity contribution in [1.29, 1.82) is 0 Å². The van der Waals surface area contributed by atoms with E-state index in [9.17, 15) is 4.39 Å². The molecule has 3 nitrogen and oxygen atoms in total. The predicted molar refractivity (Wildman–Crippen MR) is 86.8 cm³/mol. The molecule has 3 rings (SSSR count). The van der Waals surface area contributed by atoms with Crippen LogP contribution in [-0.2, 0) is 0 Å². The summed E-state index contributed by atoms with van der Waals surface area (Å²) in [6.07, 6.45) is 0. The lowest BCUT2D eigenvalue weighted by Crippen LogP contribution is -2.03. The number of fused-ring (bicyclic) bond motifs is 1. The van der Waals surface area contributed by atoms with Crippen LogP contribution in [-0.4, -0.2) is 16.9 Å². The first-order valence-corrected chi connectivity index (χ1v) is 7.34. The number of methoxy groups -OCH3 is 1. The molecule has 3 aromatic rings. The Hall–Kier alpha value is -2.36. The first-order valence-electron chi connectivity index (χ1n) is 7.34. The van der Waals surface area contributed by atoms with Crippen molar-refractivity contribution in [2.45, 2.75) is 26.8 Å². The molecule has 0 N–H and O–H groups in total. The van der Waals surface area contributed by atoms with Crippen LogP contribution in [0.2, 0.25) is 0 Å². The van der Waals surface area contributed by atoms with Crippen LogP contribution in [0.3, 0.4) is 0 Å². The van der Waals surface area contributed by atoms with Crippen molar-refractivity contribution in [2.24, 2.45) is 0 Å². The molecule has 0 bridgehead atoms. The van der Waals surface area contributed by atoms with Gasteiger partial charge in [-0.05, 0) is 50.6 Å². The van der Waals surface area contributed by atoms with Crippen LogP contribution in [0.1, 0.15) is 25.5 Å². The summed E-state index contributed by atoms with van der Waals surface area (Å²) in [5.41, 5.74) is 3.42. The van der Waals surface area contributed by atoms with Crippen LogP contribution in [0.15, 0.2) is 36.4 Å². The summed E-state index contributed by atoms with van der Waals surface area (Å²) in [6, 6.07) is 11.1. The molecule has 0 spiro atoms. The summed E-state index contributed by atoms with van der Waals surface area (Å²) in [4.78, 5) is 0. The van der Waals surface area contributed by atoms with Gasteiger partial charge in [0, 0.05) is 17.0 Å². The molecule has 2 aromatic carbocycles. The Labute approximate surface area is 129 Å². The fraction of sp³-hybridized carbons (Fsp3) is 0.278. The number of halogens is 1. The number of ether oxygens (including phenoxy) is 1. The minimum atomic E-state index is -0.240. The standard InChI is InChI=1S/C18H19FN2O/c1-11(2)21-18-15(6-5-7-16(18)19)17(20-21)14-9-8-13(22-4)10-12(14)3/h5-11H,1-4H3. The molecule has 0 amide bonds. The maximum Gasteiger partial charge on any atom is 0.149 e. The first-order chi connectivity index (χ1) is 10.5. The van der Waals surface area contributed by atoms with E-state index < -0.39 is 0 Å². The second kappa shape index (κ2) is 5.44. The SMILES string of the molecule is COc1ccc(-c2nn(C(C)C)c3c(F)cccc23)c(C)c1. The molecule has 0 radical (unpaired) electrons. The van der Waals surface area contributed by atoms with E-state index in [2.05, 4.69) is 5.10 Å². The Morgan fingerprint density at radius 2 is 1.95 bits per heavy atom. The number of benzene rings is 2. The molecular weight excluding hydrogens is 279 g/mol. The second-order valence-corrected chi connectivity index (χ2v) is 5.70. The van der Waals surface area contributed by atoms with Crippen molar-refractivity contribution in [2.75, 3.05) is 7.11 Å². The zero-order valence-corrected chi connectivity index (χ0v) is 13.2. The Kier molecular flexibility index (Phi) is 3.61. The monoisotopic (exact) mass is 298 g/mol. The second-order valence-electron chi connectivity index (χ2n) is 5.70. The van der Waals surface area contributed by atoms with Gasteiger partial charge in [-0.2, -0.15) is 5.10 Å². The lowest BCUT2D eigenvalue weighted by Gasteiger charge is -2.07. The van der Waals surface area contributed by atoms with Gasteiger partial charge in [0.2, 0.25) is 0 Å². The minimum Gasteiger partial charge on any atom is -0.497 e. The number of hydrogen-bond donors (Lipinski definition) is 0. The molecule has 0 saturated heterocycles. The largest absolute Gasteiger partial charge is 0.497 e. The quantitative estimate of drug-likeness (QED) is 0.698. The molecule has 0 atom stereocenters. The summed E-state index contributed by atoms with van der Waals surface area (Å²) >= 11 is 0. The maximum absolute atomic E-state index is 14.3. The average Bonchev–Trinajstić information content (AvgIpc) is 2.88. The molecule has 0 fully saturated rings.